The van der Waals surface area contributed by atoms with Crippen molar-refractivity contribution in [3.8, 4) is 0 Å². The fourth-order valence-corrected chi connectivity index (χ4v) is 3.05. The first-order chi connectivity index (χ1) is 11.9. The standard InChI is InChI=1S/C19H28N4O2/c1-14(2)13-23-10-7-17(8-11-23)22-19(25)21-9-6-15-4-3-5-16(12-15)18(20)24/h3-5,12,17H,1,6-11,13H2,2H3,(H2,20,24)(H2,21,22,25). The first-order valence-corrected chi connectivity index (χ1v) is 8.74. The lowest BCUT2D eigenvalue weighted by Crippen LogP contribution is -2.48. The maximum Gasteiger partial charge on any atom is 0.315 e. The van der Waals surface area contributed by atoms with E-state index in [1.165, 1.54) is 5.57 Å². The summed E-state index contributed by atoms with van der Waals surface area (Å²) >= 11 is 0. The van der Waals surface area contributed by atoms with E-state index in [0.29, 0.717) is 18.5 Å². The smallest absolute Gasteiger partial charge is 0.315 e. The van der Waals surface area contributed by atoms with Crippen molar-refractivity contribution in [3.63, 3.8) is 0 Å². The Morgan fingerprint density at radius 2 is 2.04 bits per heavy atom. The third-order valence-corrected chi connectivity index (χ3v) is 4.33. The van der Waals surface area contributed by atoms with Crippen molar-refractivity contribution in [2.45, 2.75) is 32.2 Å². The van der Waals surface area contributed by atoms with Crippen LogP contribution in [0, 0.1) is 0 Å². The zero-order valence-corrected chi connectivity index (χ0v) is 14.9. The maximum atomic E-state index is 12.0. The number of likely N-dealkylation sites (tertiary alicyclic amines) is 1. The molecule has 1 fully saturated rings. The van der Waals surface area contributed by atoms with Crippen molar-refractivity contribution in [1.82, 2.24) is 15.5 Å². The molecule has 1 aliphatic rings. The summed E-state index contributed by atoms with van der Waals surface area (Å²) in [7, 11) is 0. The molecule has 0 unspecified atom stereocenters. The van der Waals surface area contributed by atoms with Crippen LogP contribution in [-0.4, -0.2) is 49.1 Å². The van der Waals surface area contributed by atoms with Gasteiger partial charge in [0.15, 0.2) is 0 Å². The summed E-state index contributed by atoms with van der Waals surface area (Å²) in [5.41, 5.74) is 7.91. The monoisotopic (exact) mass is 344 g/mol. The number of hydrogen-bond acceptors (Lipinski definition) is 3. The number of nitrogens with zero attached hydrogens (tertiary/aromatic N) is 1. The van der Waals surface area contributed by atoms with Crippen LogP contribution in [0.5, 0.6) is 0 Å². The number of carbonyl (C=O) groups is 2. The van der Waals surface area contributed by atoms with Gasteiger partial charge in [-0.2, -0.15) is 0 Å². The van der Waals surface area contributed by atoms with Crippen LogP contribution in [0.1, 0.15) is 35.7 Å². The molecule has 0 aliphatic carbocycles. The van der Waals surface area contributed by atoms with E-state index in [2.05, 4.69) is 22.1 Å². The topological polar surface area (TPSA) is 87.5 Å². The third kappa shape index (κ3) is 6.58. The van der Waals surface area contributed by atoms with Gasteiger partial charge in [0.2, 0.25) is 5.91 Å². The van der Waals surface area contributed by atoms with Gasteiger partial charge in [-0.3, -0.25) is 9.69 Å². The fourth-order valence-electron chi connectivity index (χ4n) is 3.05. The highest BCUT2D eigenvalue weighted by Gasteiger charge is 2.20. The predicted octanol–water partition coefficient (Wildman–Crippen LogP) is 1.67. The van der Waals surface area contributed by atoms with E-state index in [-0.39, 0.29) is 12.1 Å². The fraction of sp³-hybridized carbons (Fsp3) is 0.474. The van der Waals surface area contributed by atoms with E-state index >= 15 is 0 Å². The lowest BCUT2D eigenvalue weighted by Gasteiger charge is -2.32. The number of piperidine rings is 1. The molecule has 25 heavy (non-hydrogen) atoms. The largest absolute Gasteiger partial charge is 0.366 e. The molecule has 1 aromatic carbocycles. The molecular weight excluding hydrogens is 316 g/mol. The molecule has 0 aromatic heterocycles. The summed E-state index contributed by atoms with van der Waals surface area (Å²) in [4.78, 5) is 25.6. The Hall–Kier alpha value is -2.34. The number of nitrogens with one attached hydrogen (secondary N) is 2. The van der Waals surface area contributed by atoms with E-state index in [0.717, 1.165) is 38.0 Å². The lowest BCUT2D eigenvalue weighted by molar-refractivity contribution is 0.1000. The average Bonchev–Trinajstić information content (AvgIpc) is 2.56. The summed E-state index contributed by atoms with van der Waals surface area (Å²) in [5.74, 6) is -0.439. The Balaban J connectivity index is 1.67. The summed E-state index contributed by atoms with van der Waals surface area (Å²) < 4.78 is 0. The van der Waals surface area contributed by atoms with E-state index < -0.39 is 5.91 Å². The number of urea groups is 1. The van der Waals surface area contributed by atoms with Gasteiger partial charge in [0.05, 0.1) is 0 Å². The molecule has 0 spiro atoms. The second-order valence-electron chi connectivity index (χ2n) is 6.72. The Kier molecular flexibility index (Phi) is 7.01. The Morgan fingerprint density at radius 3 is 2.68 bits per heavy atom. The highest BCUT2D eigenvalue weighted by Crippen LogP contribution is 2.11. The first kappa shape index (κ1) is 19.0. The van der Waals surface area contributed by atoms with Crippen molar-refractivity contribution in [3.05, 3.63) is 47.5 Å². The molecule has 1 saturated heterocycles. The number of benzene rings is 1. The predicted molar refractivity (Wildman–Crippen MR) is 99.5 cm³/mol. The average molecular weight is 344 g/mol. The maximum absolute atomic E-state index is 12.0. The van der Waals surface area contributed by atoms with Crippen molar-refractivity contribution in [2.24, 2.45) is 5.73 Å². The van der Waals surface area contributed by atoms with Crippen LogP contribution in [0.2, 0.25) is 0 Å². The quantitative estimate of drug-likeness (QED) is 0.658. The van der Waals surface area contributed by atoms with Crippen LogP contribution in [0.3, 0.4) is 0 Å². The Labute approximate surface area is 149 Å². The van der Waals surface area contributed by atoms with E-state index in [1.807, 2.05) is 13.0 Å². The van der Waals surface area contributed by atoms with Crippen LogP contribution < -0.4 is 16.4 Å². The molecule has 4 N–H and O–H groups in total. The highest BCUT2D eigenvalue weighted by atomic mass is 16.2. The minimum atomic E-state index is -0.439. The molecule has 2 rings (SSSR count). The molecule has 1 aromatic rings. The molecule has 1 heterocycles. The minimum Gasteiger partial charge on any atom is -0.366 e. The molecular formula is C19H28N4O2. The zero-order chi connectivity index (χ0) is 18.2. The Bertz CT molecular complexity index is 622. The highest BCUT2D eigenvalue weighted by molar-refractivity contribution is 5.92. The van der Waals surface area contributed by atoms with Crippen LogP contribution in [0.4, 0.5) is 4.79 Å². The summed E-state index contributed by atoms with van der Waals surface area (Å²) in [6.45, 7) is 9.40. The molecule has 1 aliphatic heterocycles. The van der Waals surface area contributed by atoms with Crippen LogP contribution in [0.15, 0.2) is 36.4 Å². The zero-order valence-electron chi connectivity index (χ0n) is 14.9. The second kappa shape index (κ2) is 9.22. The van der Waals surface area contributed by atoms with Gasteiger partial charge < -0.3 is 16.4 Å². The number of rotatable bonds is 7. The minimum absolute atomic E-state index is 0.135. The number of amides is 3. The van der Waals surface area contributed by atoms with Crippen LogP contribution in [-0.2, 0) is 6.42 Å². The number of nitrogens with two attached hydrogens (primary N) is 1. The molecule has 0 atom stereocenters. The molecule has 0 radical (unpaired) electrons. The second-order valence-corrected chi connectivity index (χ2v) is 6.72. The third-order valence-electron chi connectivity index (χ3n) is 4.33. The van der Waals surface area contributed by atoms with Gasteiger partial charge in [0.25, 0.3) is 0 Å². The molecule has 0 saturated carbocycles. The van der Waals surface area contributed by atoms with Gasteiger partial charge in [-0.1, -0.05) is 24.3 Å². The SMILES string of the molecule is C=C(C)CN1CCC(NC(=O)NCCc2cccc(C(N)=O)c2)CC1. The lowest BCUT2D eigenvalue weighted by atomic mass is 10.0. The van der Waals surface area contributed by atoms with Gasteiger partial charge in [0.1, 0.15) is 0 Å². The van der Waals surface area contributed by atoms with Crippen LogP contribution >= 0.6 is 0 Å². The summed E-state index contributed by atoms with van der Waals surface area (Å²) in [6, 6.07) is 7.26. The Morgan fingerprint density at radius 1 is 1.32 bits per heavy atom. The molecule has 3 amide bonds. The first-order valence-electron chi connectivity index (χ1n) is 8.74. The van der Waals surface area contributed by atoms with Crippen molar-refractivity contribution >= 4 is 11.9 Å². The van der Waals surface area contributed by atoms with E-state index in [9.17, 15) is 9.59 Å². The molecule has 0 bridgehead atoms. The summed E-state index contributed by atoms with van der Waals surface area (Å²) in [5, 5.41) is 5.91. The molecule has 6 heteroatoms. The normalized spacial score (nSPS) is 15.6. The number of primary amides is 1. The van der Waals surface area contributed by atoms with Gasteiger partial charge in [-0.05, 0) is 43.9 Å². The van der Waals surface area contributed by atoms with E-state index in [4.69, 9.17) is 5.73 Å². The van der Waals surface area contributed by atoms with Gasteiger partial charge in [-0.25, -0.2) is 4.79 Å². The van der Waals surface area contributed by atoms with Gasteiger partial charge >= 0.3 is 6.03 Å². The van der Waals surface area contributed by atoms with Gasteiger partial charge in [-0.15, -0.1) is 0 Å². The van der Waals surface area contributed by atoms with Crippen molar-refractivity contribution < 1.29 is 9.59 Å². The van der Waals surface area contributed by atoms with Crippen molar-refractivity contribution in [2.75, 3.05) is 26.2 Å². The van der Waals surface area contributed by atoms with Gasteiger partial charge in [0, 0.05) is 37.8 Å². The van der Waals surface area contributed by atoms with E-state index in [1.54, 1.807) is 18.2 Å². The number of hydrogen-bond donors (Lipinski definition) is 3. The molecule has 136 valence electrons. The summed E-state index contributed by atoms with van der Waals surface area (Å²) in [6.07, 6.45) is 2.58. The number of carbonyl (C=O) groups excluding carboxylic acids is 2. The van der Waals surface area contributed by atoms with Crippen molar-refractivity contribution in [1.29, 1.82) is 0 Å². The molecule has 6 nitrogen and oxygen atoms in total. The van der Waals surface area contributed by atoms with Crippen LogP contribution in [0.25, 0.3) is 0 Å².